The lowest BCUT2D eigenvalue weighted by Gasteiger charge is -2.17. The highest BCUT2D eigenvalue weighted by atomic mass is 32.1. The summed E-state index contributed by atoms with van der Waals surface area (Å²) in [5.74, 6) is 1.63. The fourth-order valence-corrected chi connectivity index (χ4v) is 3.81. The second-order valence-corrected chi connectivity index (χ2v) is 7.03. The highest BCUT2D eigenvalue weighted by Crippen LogP contribution is 2.30. The molecule has 0 unspecified atom stereocenters. The highest BCUT2D eigenvalue weighted by molar-refractivity contribution is 7.21. The minimum absolute atomic E-state index is 0.710. The summed E-state index contributed by atoms with van der Waals surface area (Å²) in [6.45, 7) is 3.21. The number of fused-ring (bicyclic) bond motifs is 1. The second-order valence-electron chi connectivity index (χ2n) is 5.99. The van der Waals surface area contributed by atoms with Gasteiger partial charge in [-0.2, -0.15) is 0 Å². The average molecular weight is 310 g/mol. The summed E-state index contributed by atoms with van der Waals surface area (Å²) in [4.78, 5) is 13.9. The molecular weight excluding hydrogens is 292 g/mol. The third-order valence-corrected chi connectivity index (χ3v) is 5.23. The Labute approximate surface area is 133 Å². The third kappa shape index (κ3) is 2.35. The number of aryl methyl sites for hydroxylation is 1. The van der Waals surface area contributed by atoms with Gasteiger partial charge in [0.05, 0.1) is 10.2 Å². The average Bonchev–Trinajstić information content (AvgIpc) is 3.12. The van der Waals surface area contributed by atoms with E-state index in [0.29, 0.717) is 5.92 Å². The molecule has 3 heterocycles. The Hall–Kier alpha value is -2.01. The number of aliphatic imine (C=N–C) groups is 1. The summed E-state index contributed by atoms with van der Waals surface area (Å²) in [6, 6.07) is 6.51. The zero-order chi connectivity index (χ0) is 15.1. The first-order valence-corrected chi connectivity index (χ1v) is 8.44. The van der Waals surface area contributed by atoms with Crippen LogP contribution in [0.4, 0.5) is 0 Å². The summed E-state index contributed by atoms with van der Waals surface area (Å²) in [6.07, 6.45) is 6.06. The van der Waals surface area contributed by atoms with E-state index in [9.17, 15) is 0 Å². The Morgan fingerprint density at radius 2 is 2.23 bits per heavy atom. The van der Waals surface area contributed by atoms with Crippen LogP contribution < -0.4 is 0 Å². The molecule has 1 atom stereocenters. The van der Waals surface area contributed by atoms with Crippen LogP contribution in [-0.2, 0) is 7.05 Å². The van der Waals surface area contributed by atoms with Gasteiger partial charge in [0.15, 0.2) is 10.8 Å². The highest BCUT2D eigenvalue weighted by Gasteiger charge is 2.15. The van der Waals surface area contributed by atoms with Gasteiger partial charge in [0.2, 0.25) is 0 Å². The smallest absolute Gasteiger partial charge is 0.168 e. The maximum absolute atomic E-state index is 4.77. The van der Waals surface area contributed by atoms with Gasteiger partial charge in [0.25, 0.3) is 0 Å². The van der Waals surface area contributed by atoms with Crippen molar-refractivity contribution in [1.82, 2.24) is 14.5 Å². The summed E-state index contributed by atoms with van der Waals surface area (Å²) in [5.41, 5.74) is 3.49. The molecule has 1 aliphatic rings. The van der Waals surface area contributed by atoms with Gasteiger partial charge in [-0.25, -0.2) is 9.97 Å². The van der Waals surface area contributed by atoms with Gasteiger partial charge in [-0.3, -0.25) is 4.99 Å². The van der Waals surface area contributed by atoms with E-state index < -0.39 is 0 Å². The number of hydrogen-bond acceptors (Lipinski definition) is 4. The first kappa shape index (κ1) is 13.6. The number of nitrogens with zero attached hydrogens (tertiary/aromatic N) is 4. The molecule has 1 aromatic carbocycles. The van der Waals surface area contributed by atoms with Gasteiger partial charge in [0.1, 0.15) is 0 Å². The van der Waals surface area contributed by atoms with Crippen LogP contribution in [0.1, 0.15) is 25.3 Å². The minimum Gasteiger partial charge on any atom is -0.332 e. The van der Waals surface area contributed by atoms with Gasteiger partial charge >= 0.3 is 0 Å². The molecule has 0 spiro atoms. The Bertz CT molecular complexity index is 859. The van der Waals surface area contributed by atoms with Crippen LogP contribution >= 0.6 is 11.3 Å². The zero-order valence-electron chi connectivity index (χ0n) is 12.8. The molecule has 0 saturated heterocycles. The molecule has 22 heavy (non-hydrogen) atoms. The van der Waals surface area contributed by atoms with E-state index in [-0.39, 0.29) is 0 Å². The largest absolute Gasteiger partial charge is 0.332 e. The summed E-state index contributed by atoms with van der Waals surface area (Å²) < 4.78 is 3.21. The van der Waals surface area contributed by atoms with E-state index in [1.165, 1.54) is 22.4 Å². The number of aromatic nitrogens is 3. The van der Waals surface area contributed by atoms with Crippen LogP contribution in [0, 0.1) is 5.92 Å². The van der Waals surface area contributed by atoms with Gasteiger partial charge < -0.3 is 4.57 Å². The van der Waals surface area contributed by atoms with E-state index in [4.69, 9.17) is 9.98 Å². The van der Waals surface area contributed by atoms with E-state index in [1.807, 2.05) is 24.0 Å². The van der Waals surface area contributed by atoms with E-state index in [2.05, 4.69) is 30.1 Å². The molecular formula is C17H18N4S. The quantitative estimate of drug-likeness (QED) is 0.720. The number of thiazole rings is 1. The van der Waals surface area contributed by atoms with Crippen LogP contribution in [0.25, 0.3) is 21.0 Å². The van der Waals surface area contributed by atoms with Crippen molar-refractivity contribution in [3.8, 4) is 10.8 Å². The molecule has 5 heteroatoms. The van der Waals surface area contributed by atoms with E-state index >= 15 is 0 Å². The van der Waals surface area contributed by atoms with Crippen molar-refractivity contribution in [1.29, 1.82) is 0 Å². The molecule has 0 aliphatic carbocycles. The summed E-state index contributed by atoms with van der Waals surface area (Å²) in [5, 5.41) is 0.971. The third-order valence-electron chi connectivity index (χ3n) is 4.20. The van der Waals surface area contributed by atoms with Crippen LogP contribution in [0.5, 0.6) is 0 Å². The Kier molecular flexibility index (Phi) is 3.30. The number of imidazole rings is 1. The van der Waals surface area contributed by atoms with Crippen molar-refractivity contribution in [3.63, 3.8) is 0 Å². The summed E-state index contributed by atoms with van der Waals surface area (Å²) in [7, 11) is 2.00. The number of rotatable bonds is 2. The molecule has 0 radical (unpaired) electrons. The SMILES string of the molecule is C[C@H]1CCC(c2ccc3sc(-c4nccn4C)nc3c2)=NC1. The van der Waals surface area contributed by atoms with Crippen LogP contribution in [0.3, 0.4) is 0 Å². The standard InChI is InChI=1S/C17H18N4S/c1-11-3-5-13(19-10-11)12-4-6-15-14(9-12)20-17(22-15)16-18-7-8-21(16)2/h4,6-9,11H,3,5,10H2,1-2H3/t11-/m0/s1. The number of benzene rings is 1. The van der Waals surface area contributed by atoms with Crippen molar-refractivity contribution in [3.05, 3.63) is 36.2 Å². The first-order valence-electron chi connectivity index (χ1n) is 7.62. The monoisotopic (exact) mass is 310 g/mol. The molecule has 0 bridgehead atoms. The van der Waals surface area contributed by atoms with Gasteiger partial charge in [0, 0.05) is 31.7 Å². The fourth-order valence-electron chi connectivity index (χ4n) is 2.83. The van der Waals surface area contributed by atoms with Crippen LogP contribution in [-0.4, -0.2) is 26.8 Å². The van der Waals surface area contributed by atoms with Crippen LogP contribution in [0.2, 0.25) is 0 Å². The molecule has 2 aromatic heterocycles. The predicted octanol–water partition coefficient (Wildman–Crippen LogP) is 3.92. The lowest BCUT2D eigenvalue weighted by Crippen LogP contribution is -2.14. The summed E-state index contributed by atoms with van der Waals surface area (Å²) >= 11 is 1.69. The fraction of sp³-hybridized carbons (Fsp3) is 0.353. The normalized spacial score (nSPS) is 18.6. The van der Waals surface area contributed by atoms with Crippen LogP contribution in [0.15, 0.2) is 35.6 Å². The first-order chi connectivity index (χ1) is 10.7. The Morgan fingerprint density at radius 1 is 1.32 bits per heavy atom. The van der Waals surface area contributed by atoms with Gasteiger partial charge in [-0.05, 0) is 36.5 Å². The molecule has 4 rings (SSSR count). The minimum atomic E-state index is 0.710. The molecule has 4 nitrogen and oxygen atoms in total. The van der Waals surface area contributed by atoms with Crippen molar-refractivity contribution in [2.45, 2.75) is 19.8 Å². The Morgan fingerprint density at radius 3 is 2.95 bits per heavy atom. The zero-order valence-corrected chi connectivity index (χ0v) is 13.6. The molecule has 0 N–H and O–H groups in total. The predicted molar refractivity (Wildman–Crippen MR) is 91.6 cm³/mol. The van der Waals surface area contributed by atoms with Gasteiger partial charge in [-0.15, -0.1) is 11.3 Å². The molecule has 3 aromatic rings. The lowest BCUT2D eigenvalue weighted by molar-refractivity contribution is 0.538. The second kappa shape index (κ2) is 5.32. The molecule has 1 aliphatic heterocycles. The van der Waals surface area contributed by atoms with Crippen molar-refractivity contribution < 1.29 is 0 Å². The van der Waals surface area contributed by atoms with Gasteiger partial charge in [-0.1, -0.05) is 13.0 Å². The lowest BCUT2D eigenvalue weighted by atomic mass is 9.96. The van der Waals surface area contributed by atoms with E-state index in [0.717, 1.165) is 29.3 Å². The van der Waals surface area contributed by atoms with E-state index in [1.54, 1.807) is 11.3 Å². The molecule has 0 fully saturated rings. The van der Waals surface area contributed by atoms with Crippen molar-refractivity contribution in [2.75, 3.05) is 6.54 Å². The Balaban J connectivity index is 1.74. The van der Waals surface area contributed by atoms with Crippen molar-refractivity contribution >= 4 is 27.3 Å². The maximum atomic E-state index is 4.77. The molecule has 112 valence electrons. The molecule has 0 saturated carbocycles. The molecule has 0 amide bonds. The van der Waals surface area contributed by atoms with Crippen molar-refractivity contribution in [2.24, 2.45) is 18.0 Å². The topological polar surface area (TPSA) is 43.1 Å². The maximum Gasteiger partial charge on any atom is 0.168 e. The number of hydrogen-bond donors (Lipinski definition) is 0.